The molecule has 1 aliphatic rings. The highest BCUT2D eigenvalue weighted by molar-refractivity contribution is 7.18. The monoisotopic (exact) mass is 370 g/mol. The van der Waals surface area contributed by atoms with Crippen LogP contribution in [0.1, 0.15) is 51.8 Å². The van der Waals surface area contributed by atoms with Crippen LogP contribution in [-0.4, -0.2) is 22.8 Å². The molecule has 1 unspecified atom stereocenters. The van der Waals surface area contributed by atoms with Crippen LogP contribution in [0.5, 0.6) is 0 Å². The molecule has 26 heavy (non-hydrogen) atoms. The number of hydrogen-bond acceptors (Lipinski definition) is 5. The molecule has 1 atom stereocenters. The zero-order valence-electron chi connectivity index (χ0n) is 14.2. The Kier molecular flexibility index (Phi) is 4.38. The summed E-state index contributed by atoms with van der Waals surface area (Å²) >= 11 is 1.26. The third kappa shape index (κ3) is 3.30. The highest BCUT2D eigenvalue weighted by Crippen LogP contribution is 2.37. The largest absolute Gasteiger partial charge is 0.467 e. The van der Waals surface area contributed by atoms with Crippen molar-refractivity contribution in [1.29, 1.82) is 0 Å². The van der Waals surface area contributed by atoms with Gasteiger partial charge < -0.3 is 19.1 Å². The molecule has 0 saturated heterocycles. The Morgan fingerprint density at radius 2 is 1.92 bits per heavy atom. The smallest absolute Gasteiger partial charge is 0.291 e. The molecule has 1 N–H and O–H groups in total. The lowest BCUT2D eigenvalue weighted by Gasteiger charge is -2.27. The second-order valence-corrected chi connectivity index (χ2v) is 7.31. The van der Waals surface area contributed by atoms with Crippen LogP contribution in [0.25, 0.3) is 0 Å². The van der Waals surface area contributed by atoms with Gasteiger partial charge in [0.25, 0.3) is 11.8 Å². The fourth-order valence-electron chi connectivity index (χ4n) is 2.91. The summed E-state index contributed by atoms with van der Waals surface area (Å²) in [6, 6.07) is 10.6. The average molecular weight is 370 g/mol. The summed E-state index contributed by atoms with van der Waals surface area (Å²) in [6.07, 6.45) is 5.07. The zero-order valence-corrected chi connectivity index (χ0v) is 15.0. The first-order valence-corrected chi connectivity index (χ1v) is 9.26. The van der Waals surface area contributed by atoms with Crippen LogP contribution in [-0.2, 0) is 0 Å². The molecule has 2 amide bonds. The highest BCUT2D eigenvalue weighted by Gasteiger charge is 2.38. The normalized spacial score (nSPS) is 14.8. The minimum absolute atomic E-state index is 0.0418. The van der Waals surface area contributed by atoms with Gasteiger partial charge in [-0.2, -0.15) is 0 Å². The lowest BCUT2D eigenvalue weighted by molar-refractivity contribution is 0.0657. The van der Waals surface area contributed by atoms with E-state index < -0.39 is 0 Å². The number of nitrogens with one attached hydrogen (secondary N) is 1. The highest BCUT2D eigenvalue weighted by atomic mass is 32.1. The van der Waals surface area contributed by atoms with Crippen LogP contribution in [0.3, 0.4) is 0 Å². The Hall–Kier alpha value is -2.80. The van der Waals surface area contributed by atoms with Gasteiger partial charge in [0.15, 0.2) is 5.76 Å². The Balaban J connectivity index is 1.50. The van der Waals surface area contributed by atoms with Crippen LogP contribution >= 0.6 is 11.3 Å². The van der Waals surface area contributed by atoms with Gasteiger partial charge in [0, 0.05) is 6.04 Å². The second-order valence-electron chi connectivity index (χ2n) is 6.23. The maximum atomic E-state index is 13.1. The Morgan fingerprint density at radius 3 is 2.58 bits per heavy atom. The van der Waals surface area contributed by atoms with Crippen molar-refractivity contribution in [3.63, 3.8) is 0 Å². The minimum Gasteiger partial charge on any atom is -0.467 e. The molecule has 0 spiro atoms. The Bertz CT molecular complexity index is 894. The van der Waals surface area contributed by atoms with Crippen molar-refractivity contribution in [1.82, 2.24) is 4.90 Å². The molecule has 3 aromatic rings. The van der Waals surface area contributed by atoms with E-state index in [9.17, 15) is 9.59 Å². The quantitative estimate of drug-likeness (QED) is 0.690. The maximum absolute atomic E-state index is 13.1. The lowest BCUT2D eigenvalue weighted by Crippen LogP contribution is -2.35. The Morgan fingerprint density at radius 1 is 1.15 bits per heavy atom. The molecule has 1 saturated carbocycles. The fraction of sp³-hybridized carbons (Fsp3) is 0.263. The van der Waals surface area contributed by atoms with Gasteiger partial charge in [-0.15, -0.1) is 11.3 Å². The molecule has 0 radical (unpaired) electrons. The average Bonchev–Trinajstić information content (AvgIpc) is 3.11. The minimum atomic E-state index is -0.334. The first kappa shape index (κ1) is 16.7. The third-order valence-corrected chi connectivity index (χ3v) is 5.33. The number of anilines is 1. The van der Waals surface area contributed by atoms with E-state index in [2.05, 4.69) is 5.32 Å². The topological polar surface area (TPSA) is 75.7 Å². The number of amides is 2. The van der Waals surface area contributed by atoms with Gasteiger partial charge in [-0.25, -0.2) is 0 Å². The summed E-state index contributed by atoms with van der Waals surface area (Å²) in [5.41, 5.74) is 0. The summed E-state index contributed by atoms with van der Waals surface area (Å²) in [4.78, 5) is 27.6. The molecule has 3 heterocycles. The van der Waals surface area contributed by atoms with Gasteiger partial charge in [0.05, 0.1) is 28.4 Å². The summed E-state index contributed by atoms with van der Waals surface area (Å²) < 4.78 is 10.6. The van der Waals surface area contributed by atoms with Crippen LogP contribution in [0.2, 0.25) is 0 Å². The summed E-state index contributed by atoms with van der Waals surface area (Å²) in [5, 5.41) is 3.36. The van der Waals surface area contributed by atoms with Gasteiger partial charge in [-0.3, -0.25) is 9.59 Å². The van der Waals surface area contributed by atoms with Gasteiger partial charge in [-0.05, 0) is 56.2 Å². The number of furan rings is 2. The third-order valence-electron chi connectivity index (χ3n) is 4.35. The van der Waals surface area contributed by atoms with Crippen LogP contribution in [0.15, 0.2) is 57.8 Å². The SMILES string of the molecule is CC(c1ccco1)N(C(=O)c1ccc(NC(=O)c2ccco2)s1)C1CC1. The molecule has 134 valence electrons. The standard InChI is InChI=1S/C19H18N2O4S/c1-12(14-4-2-10-24-14)21(13-6-7-13)19(23)16-8-9-17(26-16)20-18(22)15-5-3-11-25-15/h2-5,8-13H,6-7H2,1H3,(H,20,22). The van der Waals surface area contributed by atoms with E-state index >= 15 is 0 Å². The number of rotatable bonds is 6. The summed E-state index contributed by atoms with van der Waals surface area (Å²) in [5.74, 6) is 0.629. The van der Waals surface area contributed by atoms with E-state index in [4.69, 9.17) is 8.83 Å². The molecule has 7 heteroatoms. The van der Waals surface area contributed by atoms with Gasteiger partial charge in [0.1, 0.15) is 5.76 Å². The molecular weight excluding hydrogens is 352 g/mol. The summed E-state index contributed by atoms with van der Waals surface area (Å²) in [6.45, 7) is 1.97. The van der Waals surface area contributed by atoms with E-state index in [1.165, 1.54) is 17.6 Å². The van der Waals surface area contributed by atoms with Crippen molar-refractivity contribution in [2.24, 2.45) is 0 Å². The number of thiophene rings is 1. The number of carbonyl (C=O) groups is 2. The van der Waals surface area contributed by atoms with E-state index in [1.807, 2.05) is 24.0 Å². The van der Waals surface area contributed by atoms with Crippen LogP contribution in [0.4, 0.5) is 5.00 Å². The van der Waals surface area contributed by atoms with Crippen molar-refractivity contribution < 1.29 is 18.4 Å². The second kappa shape index (κ2) is 6.84. The number of carbonyl (C=O) groups excluding carboxylic acids is 2. The van der Waals surface area contributed by atoms with Crippen molar-refractivity contribution in [2.45, 2.75) is 31.8 Å². The lowest BCUT2D eigenvalue weighted by atomic mass is 10.2. The van der Waals surface area contributed by atoms with Crippen molar-refractivity contribution in [2.75, 3.05) is 5.32 Å². The Labute approximate surface area is 154 Å². The van der Waals surface area contributed by atoms with E-state index in [0.29, 0.717) is 9.88 Å². The predicted octanol–water partition coefficient (Wildman–Crippen LogP) is 4.55. The molecule has 6 nitrogen and oxygen atoms in total. The molecule has 0 bridgehead atoms. The van der Waals surface area contributed by atoms with E-state index in [-0.39, 0.29) is 29.7 Å². The van der Waals surface area contributed by atoms with Crippen molar-refractivity contribution in [3.8, 4) is 0 Å². The maximum Gasteiger partial charge on any atom is 0.291 e. The van der Waals surface area contributed by atoms with Crippen LogP contribution in [0, 0.1) is 0 Å². The number of hydrogen-bond donors (Lipinski definition) is 1. The van der Waals surface area contributed by atoms with E-state index in [0.717, 1.165) is 18.6 Å². The van der Waals surface area contributed by atoms with Crippen molar-refractivity contribution in [3.05, 3.63) is 65.3 Å². The molecule has 0 aliphatic heterocycles. The molecule has 3 aromatic heterocycles. The molecule has 0 aromatic carbocycles. The first-order valence-electron chi connectivity index (χ1n) is 8.44. The number of nitrogens with zero attached hydrogens (tertiary/aromatic N) is 1. The van der Waals surface area contributed by atoms with Gasteiger partial charge >= 0.3 is 0 Å². The molecular formula is C19H18N2O4S. The zero-order chi connectivity index (χ0) is 18.1. The molecule has 1 aliphatic carbocycles. The molecule has 4 rings (SSSR count). The van der Waals surface area contributed by atoms with E-state index in [1.54, 1.807) is 30.5 Å². The summed E-state index contributed by atoms with van der Waals surface area (Å²) in [7, 11) is 0. The van der Waals surface area contributed by atoms with Gasteiger partial charge in [-0.1, -0.05) is 0 Å². The predicted molar refractivity (Wildman–Crippen MR) is 97.3 cm³/mol. The van der Waals surface area contributed by atoms with Crippen molar-refractivity contribution >= 4 is 28.2 Å². The fourth-order valence-corrected chi connectivity index (χ4v) is 3.75. The van der Waals surface area contributed by atoms with Crippen LogP contribution < -0.4 is 5.32 Å². The van der Waals surface area contributed by atoms with Gasteiger partial charge in [0.2, 0.25) is 0 Å². The first-order chi connectivity index (χ1) is 12.6. The molecule has 1 fully saturated rings.